The molecule has 0 aliphatic carbocycles. The van der Waals surface area contributed by atoms with Crippen molar-refractivity contribution in [3.63, 3.8) is 0 Å². The molecule has 2 N–H and O–H groups in total. The summed E-state index contributed by atoms with van der Waals surface area (Å²) in [6.07, 6.45) is 0.368. The van der Waals surface area contributed by atoms with E-state index in [4.69, 9.17) is 0 Å². The number of rotatable bonds is 6. The fourth-order valence-corrected chi connectivity index (χ4v) is 5.13. The normalized spacial score (nSPS) is 12.6. The van der Waals surface area contributed by atoms with Crippen molar-refractivity contribution in [2.75, 3.05) is 0 Å². The number of carbonyl (C=O) groups is 1. The van der Waals surface area contributed by atoms with Crippen molar-refractivity contribution in [2.45, 2.75) is 17.2 Å². The summed E-state index contributed by atoms with van der Waals surface area (Å²) < 4.78 is 28.5. The molecule has 0 saturated carbocycles. The van der Waals surface area contributed by atoms with Gasteiger partial charge in [-0.15, -0.1) is 0 Å². The first-order valence-electron chi connectivity index (χ1n) is 10.7. The molecule has 0 radical (unpaired) electrons. The van der Waals surface area contributed by atoms with Crippen molar-refractivity contribution < 1.29 is 13.2 Å². The fourth-order valence-electron chi connectivity index (χ4n) is 4.07. The number of amides is 1. The second-order valence-corrected chi connectivity index (χ2v) is 9.72. The topological polar surface area (TPSA) is 79.0 Å². The van der Waals surface area contributed by atoms with Crippen molar-refractivity contribution >= 4 is 37.6 Å². The molecular weight excluding hydrogens is 432 g/mol. The molecule has 1 heterocycles. The monoisotopic (exact) mass is 454 g/mol. The van der Waals surface area contributed by atoms with Gasteiger partial charge in [0.1, 0.15) is 0 Å². The third kappa shape index (κ3) is 4.38. The van der Waals surface area contributed by atoms with Crippen LogP contribution in [0.2, 0.25) is 0 Å². The van der Waals surface area contributed by atoms with E-state index in [-0.39, 0.29) is 4.90 Å². The van der Waals surface area contributed by atoms with Gasteiger partial charge in [0.05, 0.1) is 10.8 Å². The van der Waals surface area contributed by atoms with Crippen LogP contribution in [0.4, 0.5) is 0 Å². The Morgan fingerprint density at radius 2 is 1.42 bits per heavy atom. The predicted octanol–water partition coefficient (Wildman–Crippen LogP) is 5.15. The number of H-pyrrole nitrogens is 1. The Kier molecular flexibility index (Phi) is 5.44. The lowest BCUT2D eigenvalue weighted by atomic mass is 9.95. The Balaban J connectivity index is 1.49. The molecule has 5 rings (SSSR count). The van der Waals surface area contributed by atoms with Crippen LogP contribution in [0.1, 0.15) is 17.2 Å². The lowest BCUT2D eigenvalue weighted by Crippen LogP contribution is -2.35. The van der Waals surface area contributed by atoms with Crippen LogP contribution in [0.3, 0.4) is 0 Å². The maximum Gasteiger partial charge on any atom is 0.264 e. The van der Waals surface area contributed by atoms with Crippen LogP contribution in [0, 0.1) is 0 Å². The third-order valence-corrected chi connectivity index (χ3v) is 7.14. The Bertz CT molecular complexity index is 1520. The lowest BCUT2D eigenvalue weighted by Gasteiger charge is -2.16. The second kappa shape index (κ2) is 8.56. The van der Waals surface area contributed by atoms with Gasteiger partial charge in [-0.3, -0.25) is 4.79 Å². The quantitative estimate of drug-likeness (QED) is 0.372. The van der Waals surface area contributed by atoms with E-state index in [0.29, 0.717) is 12.1 Å². The first-order valence-corrected chi connectivity index (χ1v) is 12.1. The van der Waals surface area contributed by atoms with E-state index in [9.17, 15) is 13.2 Å². The number of aromatic nitrogens is 1. The Morgan fingerprint density at radius 3 is 2.18 bits per heavy atom. The number of sulfonamides is 1. The number of nitrogens with one attached hydrogen (secondary N) is 2. The van der Waals surface area contributed by atoms with Gasteiger partial charge in [0, 0.05) is 11.2 Å². The second-order valence-electron chi connectivity index (χ2n) is 8.03. The predicted molar refractivity (Wildman–Crippen MR) is 130 cm³/mol. The molecule has 5 aromatic rings. The highest BCUT2D eigenvalue weighted by Gasteiger charge is 2.28. The minimum atomic E-state index is -4.04. The highest BCUT2D eigenvalue weighted by atomic mass is 32.2. The summed E-state index contributed by atoms with van der Waals surface area (Å²) >= 11 is 0. The molecule has 0 saturated heterocycles. The van der Waals surface area contributed by atoms with Crippen LogP contribution in [0.25, 0.3) is 21.7 Å². The minimum absolute atomic E-state index is 0.0599. The molecule has 6 heteroatoms. The van der Waals surface area contributed by atoms with Gasteiger partial charge in [-0.25, -0.2) is 13.1 Å². The molecule has 0 spiro atoms. The molecule has 0 aliphatic rings. The molecule has 0 aliphatic heterocycles. The van der Waals surface area contributed by atoms with Gasteiger partial charge in [-0.2, -0.15) is 0 Å². The van der Waals surface area contributed by atoms with Crippen LogP contribution >= 0.6 is 0 Å². The van der Waals surface area contributed by atoms with Gasteiger partial charge < -0.3 is 4.98 Å². The van der Waals surface area contributed by atoms with E-state index in [2.05, 4.69) is 9.71 Å². The van der Waals surface area contributed by atoms with Gasteiger partial charge in [0.2, 0.25) is 5.91 Å². The molecule has 5 nitrogen and oxygen atoms in total. The molecule has 0 fully saturated rings. The SMILES string of the molecule is O=C(NS(=O)(=O)c1ccc2ccccc2c1)C(Cc1ccccc1)c1cc2ccccc2[nH]1. The van der Waals surface area contributed by atoms with Crippen molar-refractivity contribution in [1.29, 1.82) is 0 Å². The smallest absolute Gasteiger partial charge is 0.264 e. The maximum atomic E-state index is 13.4. The molecular formula is C27H22N2O3S. The summed E-state index contributed by atoms with van der Waals surface area (Å²) in [6, 6.07) is 31.6. The van der Waals surface area contributed by atoms with Crippen LogP contribution in [0.5, 0.6) is 0 Å². The number of carbonyl (C=O) groups excluding carboxylic acids is 1. The number of hydrogen-bond donors (Lipinski definition) is 2. The van der Waals surface area contributed by atoms with Gasteiger partial charge in [0.25, 0.3) is 10.0 Å². The van der Waals surface area contributed by atoms with E-state index >= 15 is 0 Å². The van der Waals surface area contributed by atoms with Crippen molar-refractivity contribution in [3.05, 3.63) is 114 Å². The fraction of sp³-hybridized carbons (Fsp3) is 0.0741. The number of para-hydroxylation sites is 1. The van der Waals surface area contributed by atoms with E-state index < -0.39 is 21.8 Å². The van der Waals surface area contributed by atoms with Crippen LogP contribution < -0.4 is 4.72 Å². The van der Waals surface area contributed by atoms with Gasteiger partial charge >= 0.3 is 0 Å². The van der Waals surface area contributed by atoms with E-state index in [1.807, 2.05) is 84.9 Å². The van der Waals surface area contributed by atoms with Gasteiger partial charge in [0.15, 0.2) is 0 Å². The summed E-state index contributed by atoms with van der Waals surface area (Å²) in [5.74, 6) is -1.27. The zero-order chi connectivity index (χ0) is 22.8. The van der Waals surface area contributed by atoms with Gasteiger partial charge in [-0.05, 0) is 52.4 Å². The van der Waals surface area contributed by atoms with E-state index in [1.165, 1.54) is 6.07 Å². The van der Waals surface area contributed by atoms with Crippen molar-refractivity contribution in [2.24, 2.45) is 0 Å². The maximum absolute atomic E-state index is 13.4. The zero-order valence-electron chi connectivity index (χ0n) is 17.7. The summed E-state index contributed by atoms with van der Waals surface area (Å²) in [5, 5.41) is 2.70. The first-order chi connectivity index (χ1) is 16.0. The number of benzene rings is 4. The summed E-state index contributed by atoms with van der Waals surface area (Å²) in [4.78, 5) is 16.7. The van der Waals surface area contributed by atoms with Crippen LogP contribution in [0.15, 0.2) is 108 Å². The molecule has 1 atom stereocenters. The Morgan fingerprint density at radius 1 is 0.758 bits per heavy atom. The number of hydrogen-bond acceptors (Lipinski definition) is 3. The Labute approximate surface area is 192 Å². The van der Waals surface area contributed by atoms with Crippen LogP contribution in [-0.4, -0.2) is 19.3 Å². The number of fused-ring (bicyclic) bond motifs is 2. The molecule has 4 aromatic carbocycles. The van der Waals surface area contributed by atoms with Crippen molar-refractivity contribution in [1.82, 2.24) is 9.71 Å². The standard InChI is InChI=1S/C27H22N2O3S/c30-27(29-33(31,32)23-15-14-20-10-4-5-11-21(20)17-23)24(16-19-8-2-1-3-9-19)26-18-22-12-6-7-13-25(22)28-26/h1-15,17-18,24,28H,16H2,(H,29,30). The average Bonchev–Trinajstić information content (AvgIpc) is 3.26. The largest absolute Gasteiger partial charge is 0.358 e. The van der Waals surface area contributed by atoms with E-state index in [1.54, 1.807) is 12.1 Å². The minimum Gasteiger partial charge on any atom is -0.358 e. The summed E-state index contributed by atoms with van der Waals surface area (Å²) in [6.45, 7) is 0. The lowest BCUT2D eigenvalue weighted by molar-refractivity contribution is -0.120. The highest BCUT2D eigenvalue weighted by molar-refractivity contribution is 7.90. The molecule has 0 bridgehead atoms. The molecule has 164 valence electrons. The highest BCUT2D eigenvalue weighted by Crippen LogP contribution is 2.26. The molecule has 1 unspecified atom stereocenters. The molecule has 1 aromatic heterocycles. The van der Waals surface area contributed by atoms with Crippen molar-refractivity contribution in [3.8, 4) is 0 Å². The van der Waals surface area contributed by atoms with Crippen LogP contribution in [-0.2, 0) is 21.2 Å². The summed E-state index contributed by atoms with van der Waals surface area (Å²) in [5.41, 5.74) is 2.52. The first kappa shape index (κ1) is 21.0. The third-order valence-electron chi connectivity index (χ3n) is 5.79. The summed E-state index contributed by atoms with van der Waals surface area (Å²) in [7, 11) is -4.04. The molecule has 33 heavy (non-hydrogen) atoms. The number of aromatic amines is 1. The average molecular weight is 455 g/mol. The molecule has 1 amide bonds. The van der Waals surface area contributed by atoms with Gasteiger partial charge in [-0.1, -0.05) is 78.9 Å². The Hall–Kier alpha value is -3.90. The van der Waals surface area contributed by atoms with E-state index in [0.717, 1.165) is 27.2 Å². The zero-order valence-corrected chi connectivity index (χ0v) is 18.5.